The van der Waals surface area contributed by atoms with Crippen LogP contribution in [0.4, 0.5) is 5.69 Å². The second-order valence-corrected chi connectivity index (χ2v) is 2.66. The van der Waals surface area contributed by atoms with Gasteiger partial charge >= 0.3 is 5.97 Å². The van der Waals surface area contributed by atoms with Gasteiger partial charge in [0.2, 0.25) is 5.88 Å². The van der Waals surface area contributed by atoms with Crippen LogP contribution >= 0.6 is 0 Å². The van der Waals surface area contributed by atoms with Crippen LogP contribution in [0.2, 0.25) is 0 Å². The van der Waals surface area contributed by atoms with E-state index in [2.05, 4.69) is 10.3 Å². The average molecular weight is 180 g/mol. The van der Waals surface area contributed by atoms with Crippen molar-refractivity contribution in [2.75, 3.05) is 18.5 Å². The average Bonchev–Trinajstić information content (AvgIpc) is 2.17. The van der Waals surface area contributed by atoms with Gasteiger partial charge in [0.05, 0.1) is 11.3 Å². The number of nitrogens with zero attached hydrogens (tertiary/aromatic N) is 1. The van der Waals surface area contributed by atoms with E-state index in [-0.39, 0.29) is 5.56 Å². The van der Waals surface area contributed by atoms with Crippen molar-refractivity contribution in [3.63, 3.8) is 0 Å². The van der Waals surface area contributed by atoms with E-state index in [1.807, 2.05) is 0 Å². The summed E-state index contributed by atoms with van der Waals surface area (Å²) in [6.45, 7) is 1.24. The van der Waals surface area contributed by atoms with E-state index in [0.717, 1.165) is 0 Å². The van der Waals surface area contributed by atoms with Crippen LogP contribution in [0.15, 0.2) is 12.3 Å². The third-order valence-corrected chi connectivity index (χ3v) is 1.75. The highest BCUT2D eigenvalue weighted by Gasteiger charge is 2.13. The van der Waals surface area contributed by atoms with Crippen molar-refractivity contribution in [3.8, 4) is 5.88 Å². The van der Waals surface area contributed by atoms with Gasteiger partial charge in [-0.25, -0.2) is 9.78 Å². The van der Waals surface area contributed by atoms with Crippen molar-refractivity contribution >= 4 is 11.7 Å². The summed E-state index contributed by atoms with van der Waals surface area (Å²) in [5.41, 5.74) is 0.808. The van der Waals surface area contributed by atoms with E-state index in [0.29, 0.717) is 24.7 Å². The highest BCUT2D eigenvalue weighted by atomic mass is 16.5. The van der Waals surface area contributed by atoms with Crippen LogP contribution in [0.25, 0.3) is 0 Å². The quantitative estimate of drug-likeness (QED) is 0.661. The second-order valence-electron chi connectivity index (χ2n) is 2.66. The maximum absolute atomic E-state index is 10.6. The van der Waals surface area contributed by atoms with Crippen molar-refractivity contribution in [1.82, 2.24) is 4.98 Å². The van der Waals surface area contributed by atoms with Gasteiger partial charge in [0, 0.05) is 12.7 Å². The third-order valence-electron chi connectivity index (χ3n) is 1.75. The zero-order valence-corrected chi connectivity index (χ0v) is 6.78. The van der Waals surface area contributed by atoms with Gasteiger partial charge in [-0.15, -0.1) is 0 Å². The number of hydrogen-bond donors (Lipinski definition) is 2. The summed E-state index contributed by atoms with van der Waals surface area (Å²) in [7, 11) is 0. The van der Waals surface area contributed by atoms with E-state index in [1.165, 1.54) is 12.3 Å². The Morgan fingerprint density at radius 2 is 2.54 bits per heavy atom. The van der Waals surface area contributed by atoms with Crippen molar-refractivity contribution in [2.45, 2.75) is 0 Å². The number of rotatable bonds is 1. The Morgan fingerprint density at radius 3 is 3.31 bits per heavy atom. The Hall–Kier alpha value is -1.78. The van der Waals surface area contributed by atoms with Crippen LogP contribution < -0.4 is 10.1 Å². The first-order valence-corrected chi connectivity index (χ1v) is 3.87. The van der Waals surface area contributed by atoms with Crippen molar-refractivity contribution in [1.29, 1.82) is 0 Å². The van der Waals surface area contributed by atoms with Crippen LogP contribution in [0.3, 0.4) is 0 Å². The molecule has 5 nitrogen and oxygen atoms in total. The van der Waals surface area contributed by atoms with Crippen LogP contribution in [0, 0.1) is 0 Å². The molecule has 1 aromatic heterocycles. The molecule has 2 N–H and O–H groups in total. The van der Waals surface area contributed by atoms with E-state index in [4.69, 9.17) is 9.84 Å². The molecule has 13 heavy (non-hydrogen) atoms. The molecule has 1 aromatic rings. The summed E-state index contributed by atoms with van der Waals surface area (Å²) in [6.07, 6.45) is 1.29. The minimum Gasteiger partial charge on any atom is -0.478 e. The predicted octanol–water partition coefficient (Wildman–Crippen LogP) is 0.584. The maximum Gasteiger partial charge on any atom is 0.337 e. The normalized spacial score (nSPS) is 13.8. The lowest BCUT2D eigenvalue weighted by molar-refractivity contribution is 0.0696. The Balaban J connectivity index is 2.40. The van der Waals surface area contributed by atoms with E-state index >= 15 is 0 Å². The van der Waals surface area contributed by atoms with Crippen LogP contribution in [0.1, 0.15) is 10.4 Å². The molecule has 0 unspecified atom stereocenters. The lowest BCUT2D eigenvalue weighted by atomic mass is 10.2. The Kier molecular flexibility index (Phi) is 1.77. The molecule has 1 aliphatic heterocycles. The number of nitrogens with one attached hydrogen (secondary N) is 1. The molecule has 2 heterocycles. The fourth-order valence-corrected chi connectivity index (χ4v) is 1.14. The van der Waals surface area contributed by atoms with Gasteiger partial charge in [-0.05, 0) is 6.07 Å². The molecule has 5 heteroatoms. The van der Waals surface area contributed by atoms with Crippen LogP contribution in [-0.2, 0) is 0 Å². The number of fused-ring (bicyclic) bond motifs is 1. The zero-order chi connectivity index (χ0) is 9.26. The minimum absolute atomic E-state index is 0.164. The molecule has 0 saturated carbocycles. The number of pyridine rings is 1. The molecule has 0 bridgehead atoms. The molecule has 0 aliphatic carbocycles. The first-order valence-electron chi connectivity index (χ1n) is 3.87. The van der Waals surface area contributed by atoms with E-state index in [9.17, 15) is 4.79 Å². The molecule has 0 amide bonds. The Bertz CT molecular complexity index is 351. The highest BCUT2D eigenvalue weighted by molar-refractivity contribution is 5.88. The molecule has 0 radical (unpaired) electrons. The SMILES string of the molecule is O=C(O)c1cnc2c(c1)NCCO2. The predicted molar refractivity (Wildman–Crippen MR) is 45.2 cm³/mol. The number of carbonyl (C=O) groups is 1. The van der Waals surface area contributed by atoms with Crippen molar-refractivity contribution in [2.24, 2.45) is 0 Å². The monoisotopic (exact) mass is 180 g/mol. The van der Waals surface area contributed by atoms with Gasteiger partial charge in [-0.2, -0.15) is 0 Å². The molecule has 0 aromatic carbocycles. The van der Waals surface area contributed by atoms with Gasteiger partial charge in [0.25, 0.3) is 0 Å². The molecule has 0 spiro atoms. The van der Waals surface area contributed by atoms with E-state index < -0.39 is 5.97 Å². The molecule has 0 fully saturated rings. The second kappa shape index (κ2) is 2.93. The summed E-state index contributed by atoms with van der Waals surface area (Å²) < 4.78 is 5.19. The first kappa shape index (κ1) is 7.85. The molecular weight excluding hydrogens is 172 g/mol. The number of ether oxygens (including phenoxy) is 1. The number of hydrogen-bond acceptors (Lipinski definition) is 4. The molecule has 0 atom stereocenters. The molecule has 68 valence electrons. The summed E-state index contributed by atoms with van der Waals surface area (Å²) >= 11 is 0. The number of carboxylic acid groups (broad SMARTS) is 1. The third kappa shape index (κ3) is 1.40. The topological polar surface area (TPSA) is 71.5 Å². The fraction of sp³-hybridized carbons (Fsp3) is 0.250. The Morgan fingerprint density at radius 1 is 1.69 bits per heavy atom. The van der Waals surface area contributed by atoms with Gasteiger partial charge in [-0.3, -0.25) is 0 Å². The molecule has 0 saturated heterocycles. The number of anilines is 1. The van der Waals surface area contributed by atoms with Crippen LogP contribution in [0.5, 0.6) is 5.88 Å². The first-order chi connectivity index (χ1) is 6.27. The maximum atomic E-state index is 10.6. The minimum atomic E-state index is -0.984. The lowest BCUT2D eigenvalue weighted by Gasteiger charge is -2.17. The highest BCUT2D eigenvalue weighted by Crippen LogP contribution is 2.24. The summed E-state index contributed by atoms with van der Waals surface area (Å²) in [4.78, 5) is 14.5. The summed E-state index contributed by atoms with van der Waals surface area (Å²) in [6, 6.07) is 1.52. The number of aromatic nitrogens is 1. The standard InChI is InChI=1S/C8H8N2O3/c11-8(12)5-3-6-7(10-4-5)13-2-1-9-6/h3-4,9H,1-2H2,(H,11,12). The fourth-order valence-electron chi connectivity index (χ4n) is 1.14. The molecule has 2 rings (SSSR count). The van der Waals surface area contributed by atoms with Crippen LogP contribution in [-0.4, -0.2) is 29.2 Å². The molecular formula is C8H8N2O3. The van der Waals surface area contributed by atoms with Crippen molar-refractivity contribution < 1.29 is 14.6 Å². The number of aromatic carboxylic acids is 1. The number of carboxylic acids is 1. The van der Waals surface area contributed by atoms with Gasteiger partial charge < -0.3 is 15.2 Å². The van der Waals surface area contributed by atoms with E-state index in [1.54, 1.807) is 0 Å². The van der Waals surface area contributed by atoms with Gasteiger partial charge in [0.1, 0.15) is 6.61 Å². The van der Waals surface area contributed by atoms with Crippen molar-refractivity contribution in [3.05, 3.63) is 17.8 Å². The summed E-state index contributed by atoms with van der Waals surface area (Å²) in [5, 5.41) is 11.7. The van der Waals surface area contributed by atoms with Gasteiger partial charge in [0.15, 0.2) is 0 Å². The largest absolute Gasteiger partial charge is 0.478 e. The van der Waals surface area contributed by atoms with Gasteiger partial charge in [-0.1, -0.05) is 0 Å². The lowest BCUT2D eigenvalue weighted by Crippen LogP contribution is -2.19. The zero-order valence-electron chi connectivity index (χ0n) is 6.78. The molecule has 1 aliphatic rings. The smallest absolute Gasteiger partial charge is 0.337 e. The summed E-state index contributed by atoms with van der Waals surface area (Å²) in [5.74, 6) is -0.515. The Labute approximate surface area is 74.4 Å².